The molecule has 0 saturated heterocycles. The summed E-state index contributed by atoms with van der Waals surface area (Å²) in [5, 5.41) is 0. The van der Waals surface area contributed by atoms with E-state index in [0.717, 1.165) is 22.4 Å². The average Bonchev–Trinajstić information content (AvgIpc) is 2.44. The highest BCUT2D eigenvalue weighted by atomic mass is 79.9. The van der Waals surface area contributed by atoms with Gasteiger partial charge in [0.25, 0.3) is 0 Å². The molecule has 0 aromatic rings. The molecule has 0 saturated carbocycles. The van der Waals surface area contributed by atoms with Crippen LogP contribution in [-0.2, 0) is 9.53 Å². The van der Waals surface area contributed by atoms with E-state index in [9.17, 15) is 4.79 Å². The van der Waals surface area contributed by atoms with Gasteiger partial charge in [0.2, 0.25) is 0 Å². The Morgan fingerprint density at radius 3 is 2.14 bits per heavy atom. The van der Waals surface area contributed by atoms with Crippen LogP contribution in [0.25, 0.3) is 0 Å². The minimum absolute atomic E-state index is 0.0176. The van der Waals surface area contributed by atoms with Crippen molar-refractivity contribution >= 4 is 47.3 Å². The van der Waals surface area contributed by atoms with Crippen LogP contribution in [0.15, 0.2) is 12.7 Å². The van der Waals surface area contributed by atoms with Crippen LogP contribution in [-0.4, -0.2) is 25.0 Å². The van der Waals surface area contributed by atoms with Crippen molar-refractivity contribution < 1.29 is 9.53 Å². The summed E-state index contributed by atoms with van der Waals surface area (Å²) in [5.74, 6) is -0.311. The van der Waals surface area contributed by atoms with Gasteiger partial charge in [-0.25, -0.2) is 4.79 Å². The molecule has 0 heterocycles. The summed E-state index contributed by atoms with van der Waals surface area (Å²) < 4.78 is 5.65. The van der Waals surface area contributed by atoms with E-state index in [1.54, 1.807) is 0 Å². The summed E-state index contributed by atoms with van der Waals surface area (Å²) in [4.78, 5) is 11.0. The number of alkyl halides is 2. The lowest BCUT2D eigenvalue weighted by molar-refractivity contribution is -0.142. The maximum Gasteiger partial charge on any atom is 0.330 e. The van der Waals surface area contributed by atoms with E-state index in [1.165, 1.54) is 57.1 Å². The van der Waals surface area contributed by atoms with Gasteiger partial charge in [-0.15, -0.1) is 0 Å². The molecule has 0 aliphatic heterocycles. The quantitative estimate of drug-likeness (QED) is 0.112. The molecule has 2 radical (unpaired) electrons. The average molecular weight is 440 g/mol. The zero-order valence-corrected chi connectivity index (χ0v) is 17.3. The van der Waals surface area contributed by atoms with Crippen LogP contribution in [0.5, 0.6) is 0 Å². The molecule has 1 unspecified atom stereocenters. The minimum atomic E-state index is -0.311. The Bertz CT molecular complexity index is 273. The second kappa shape index (κ2) is 15.3. The smallest absolute Gasteiger partial charge is 0.330 e. The van der Waals surface area contributed by atoms with E-state index in [2.05, 4.69) is 38.4 Å². The van der Waals surface area contributed by atoms with Crippen molar-refractivity contribution in [2.75, 3.05) is 0 Å². The lowest BCUT2D eigenvalue weighted by Crippen LogP contribution is -2.12. The maximum atomic E-state index is 11.0. The van der Waals surface area contributed by atoms with Crippen molar-refractivity contribution in [2.45, 2.75) is 80.2 Å². The number of hydrogen-bond acceptors (Lipinski definition) is 2. The van der Waals surface area contributed by atoms with Gasteiger partial charge in [0, 0.05) is 6.08 Å². The van der Waals surface area contributed by atoms with Crippen LogP contribution in [0.3, 0.4) is 0 Å². The van der Waals surface area contributed by atoms with Gasteiger partial charge in [-0.05, 0) is 19.8 Å². The van der Waals surface area contributed by atoms with Crippen molar-refractivity contribution in [3.05, 3.63) is 12.7 Å². The Kier molecular flexibility index (Phi) is 15.6. The first-order chi connectivity index (χ1) is 10.1. The standard InChI is InChI=1S/C16H28Br2O2Si/c1-3-15(19)20-14(2)12-10-8-6-4-5-7-9-11-13-21-16(17)18/h3,14,16H,1,4-13H2,2H3. The van der Waals surface area contributed by atoms with Crippen molar-refractivity contribution in [1.82, 2.24) is 0 Å². The third-order valence-corrected chi connectivity index (χ3v) is 6.21. The Hall–Kier alpha value is 0.387. The summed E-state index contributed by atoms with van der Waals surface area (Å²) in [6.07, 6.45) is 12.7. The topological polar surface area (TPSA) is 26.3 Å². The second-order valence-electron chi connectivity index (χ2n) is 5.32. The number of esters is 1. The summed E-state index contributed by atoms with van der Waals surface area (Å²) in [5.41, 5.74) is 0. The van der Waals surface area contributed by atoms with Crippen LogP contribution < -0.4 is 0 Å². The molecule has 1 atom stereocenters. The molecule has 0 bridgehead atoms. The number of carbonyl (C=O) groups excluding carboxylic acids is 1. The third kappa shape index (κ3) is 16.6. The van der Waals surface area contributed by atoms with Gasteiger partial charge < -0.3 is 4.74 Å². The summed E-state index contributed by atoms with van der Waals surface area (Å²) in [6, 6.07) is 1.34. The molecular weight excluding hydrogens is 412 g/mol. The Labute approximate surface area is 149 Å². The molecule has 0 amide bonds. The zero-order valence-electron chi connectivity index (χ0n) is 13.1. The van der Waals surface area contributed by atoms with Crippen molar-refractivity contribution in [3.63, 3.8) is 0 Å². The van der Waals surface area contributed by atoms with Gasteiger partial charge in [0.15, 0.2) is 0 Å². The van der Waals surface area contributed by atoms with Gasteiger partial charge in [-0.3, -0.25) is 0 Å². The zero-order chi connectivity index (χ0) is 15.9. The lowest BCUT2D eigenvalue weighted by atomic mass is 10.1. The Morgan fingerprint density at radius 1 is 1.10 bits per heavy atom. The van der Waals surface area contributed by atoms with Crippen molar-refractivity contribution in [3.8, 4) is 0 Å². The van der Waals surface area contributed by atoms with Crippen LogP contribution in [0.4, 0.5) is 0 Å². The molecule has 21 heavy (non-hydrogen) atoms. The van der Waals surface area contributed by atoms with E-state index >= 15 is 0 Å². The van der Waals surface area contributed by atoms with E-state index in [0.29, 0.717) is 3.36 Å². The Balaban J connectivity index is 3.18. The monoisotopic (exact) mass is 438 g/mol. The first-order valence-electron chi connectivity index (χ1n) is 7.91. The number of rotatable bonds is 14. The summed E-state index contributed by atoms with van der Waals surface area (Å²) >= 11 is 7.03. The van der Waals surface area contributed by atoms with E-state index < -0.39 is 0 Å². The molecule has 0 spiro atoms. The van der Waals surface area contributed by atoms with E-state index in [4.69, 9.17) is 4.74 Å². The predicted octanol–water partition coefficient (Wildman–Crippen LogP) is 5.81. The molecule has 5 heteroatoms. The molecule has 122 valence electrons. The molecule has 0 fully saturated rings. The number of ether oxygens (including phenoxy) is 1. The van der Waals surface area contributed by atoms with Crippen molar-refractivity contribution in [1.29, 1.82) is 0 Å². The fraction of sp³-hybridized carbons (Fsp3) is 0.812. The van der Waals surface area contributed by atoms with E-state index in [1.807, 2.05) is 6.92 Å². The fourth-order valence-electron chi connectivity index (χ4n) is 2.13. The van der Waals surface area contributed by atoms with Gasteiger partial charge >= 0.3 is 5.97 Å². The number of halogens is 2. The first-order valence-corrected chi connectivity index (χ1v) is 11.0. The van der Waals surface area contributed by atoms with Gasteiger partial charge in [0.05, 0.1) is 19.0 Å². The molecule has 0 aliphatic rings. The van der Waals surface area contributed by atoms with Crippen molar-refractivity contribution in [2.24, 2.45) is 0 Å². The molecule has 0 rings (SSSR count). The minimum Gasteiger partial charge on any atom is -0.460 e. The highest BCUT2D eigenvalue weighted by molar-refractivity contribution is 9.25. The molecule has 0 N–H and O–H groups in total. The Morgan fingerprint density at radius 2 is 1.62 bits per heavy atom. The second-order valence-corrected chi connectivity index (χ2v) is 11.6. The molecular formula is C16H28Br2O2Si. The molecule has 0 aliphatic carbocycles. The van der Waals surface area contributed by atoms with Crippen LogP contribution in [0.2, 0.25) is 6.04 Å². The number of hydrogen-bond donors (Lipinski definition) is 0. The predicted molar refractivity (Wildman–Crippen MR) is 99.5 cm³/mol. The highest BCUT2D eigenvalue weighted by Crippen LogP contribution is 2.14. The highest BCUT2D eigenvalue weighted by Gasteiger charge is 2.05. The first kappa shape index (κ1) is 21.4. The van der Waals surface area contributed by atoms with Crippen LogP contribution in [0, 0.1) is 0 Å². The van der Waals surface area contributed by atoms with Gasteiger partial charge in [0.1, 0.15) is 0 Å². The molecule has 0 aromatic heterocycles. The molecule has 0 aromatic carbocycles. The number of carbonyl (C=O) groups is 1. The lowest BCUT2D eigenvalue weighted by Gasteiger charge is -2.11. The van der Waals surface area contributed by atoms with Gasteiger partial charge in [-0.1, -0.05) is 89.4 Å². The SMILES string of the molecule is C=CC(=O)OC(C)CCCCCCCCCC[Si]C(Br)Br. The third-order valence-electron chi connectivity index (χ3n) is 3.32. The summed E-state index contributed by atoms with van der Waals surface area (Å²) in [7, 11) is 0.987. The maximum absolute atomic E-state index is 11.0. The van der Waals surface area contributed by atoms with Crippen LogP contribution >= 0.6 is 31.9 Å². The van der Waals surface area contributed by atoms with Crippen LogP contribution in [0.1, 0.15) is 64.7 Å². The summed E-state index contributed by atoms with van der Waals surface area (Å²) in [6.45, 7) is 5.35. The molecule has 2 nitrogen and oxygen atoms in total. The largest absolute Gasteiger partial charge is 0.460 e. The number of unbranched alkanes of at least 4 members (excludes halogenated alkanes) is 7. The normalized spacial score (nSPS) is 12.4. The fourth-order valence-corrected chi connectivity index (χ4v) is 4.18. The van der Waals surface area contributed by atoms with Gasteiger partial charge in [-0.2, -0.15) is 0 Å². The van der Waals surface area contributed by atoms with E-state index in [-0.39, 0.29) is 12.1 Å².